The van der Waals surface area contributed by atoms with Gasteiger partial charge in [-0.2, -0.15) is 5.10 Å². The highest BCUT2D eigenvalue weighted by atomic mass is 19.1. The predicted molar refractivity (Wildman–Crippen MR) is 127 cm³/mol. The smallest absolute Gasteiger partial charge is 0.256 e. The molecule has 1 N–H and O–H groups in total. The van der Waals surface area contributed by atoms with Gasteiger partial charge in [0.05, 0.1) is 31.7 Å². The monoisotopic (exact) mass is 462 g/mol. The van der Waals surface area contributed by atoms with Crippen molar-refractivity contribution in [2.75, 3.05) is 19.8 Å². The number of hydrogen-bond donors (Lipinski definition) is 1. The molecule has 4 aromatic rings. The first-order valence-electron chi connectivity index (χ1n) is 11.1. The van der Waals surface area contributed by atoms with E-state index in [4.69, 9.17) is 9.47 Å². The van der Waals surface area contributed by atoms with Crippen LogP contribution in [0.2, 0.25) is 0 Å². The molecule has 8 heteroatoms. The van der Waals surface area contributed by atoms with Crippen LogP contribution in [0.15, 0.2) is 79.3 Å². The molecule has 176 valence electrons. The molecule has 2 heterocycles. The second-order valence-corrected chi connectivity index (χ2v) is 7.61. The highest BCUT2D eigenvalue weighted by Crippen LogP contribution is 2.20. The fraction of sp³-hybridized carbons (Fsp3) is 0.231. The Balaban J connectivity index is 1.47. The number of hydrogen-bond acceptors (Lipinski definition) is 4. The number of ether oxygens (including phenoxy) is 2. The van der Waals surface area contributed by atoms with Crippen molar-refractivity contribution in [3.63, 3.8) is 0 Å². The summed E-state index contributed by atoms with van der Waals surface area (Å²) in [7, 11) is 0. The van der Waals surface area contributed by atoms with Gasteiger partial charge in [-0.3, -0.25) is 4.79 Å². The Morgan fingerprint density at radius 1 is 1.00 bits per heavy atom. The highest BCUT2D eigenvalue weighted by molar-refractivity contribution is 5.97. The highest BCUT2D eigenvalue weighted by Gasteiger charge is 2.20. The topological polar surface area (TPSA) is 70.3 Å². The quantitative estimate of drug-likeness (QED) is 0.338. The van der Waals surface area contributed by atoms with Crippen molar-refractivity contribution in [3.05, 3.63) is 102 Å². The van der Waals surface area contributed by atoms with Crippen LogP contribution in [0.1, 0.15) is 28.4 Å². The molecule has 1 amide bonds. The largest absolute Gasteiger partial charge is 0.379 e. The molecule has 0 saturated carbocycles. The molecule has 2 aromatic carbocycles. The number of carbonyl (C=O) groups excluding carboxylic acids is 1. The van der Waals surface area contributed by atoms with Crippen LogP contribution in [0, 0.1) is 5.82 Å². The van der Waals surface area contributed by atoms with Crippen LogP contribution in [-0.4, -0.2) is 40.1 Å². The van der Waals surface area contributed by atoms with Crippen molar-refractivity contribution < 1.29 is 18.7 Å². The normalized spacial score (nSPS) is 11.0. The number of nitrogens with one attached hydrogen (secondary N) is 1. The lowest BCUT2D eigenvalue weighted by Gasteiger charge is -2.12. The van der Waals surface area contributed by atoms with E-state index in [1.165, 1.54) is 18.3 Å². The van der Waals surface area contributed by atoms with Gasteiger partial charge in [-0.15, -0.1) is 0 Å². The fourth-order valence-corrected chi connectivity index (χ4v) is 3.56. The van der Waals surface area contributed by atoms with E-state index >= 15 is 0 Å². The third kappa shape index (κ3) is 5.78. The van der Waals surface area contributed by atoms with Crippen molar-refractivity contribution >= 4 is 5.91 Å². The third-order valence-electron chi connectivity index (χ3n) is 5.20. The summed E-state index contributed by atoms with van der Waals surface area (Å²) in [5.41, 5.74) is 3.06. The molecular weight excluding hydrogens is 435 g/mol. The predicted octanol–water partition coefficient (Wildman–Crippen LogP) is 4.29. The molecule has 7 nitrogen and oxygen atoms in total. The fourth-order valence-electron chi connectivity index (χ4n) is 3.56. The molecule has 0 unspecified atom stereocenters. The van der Waals surface area contributed by atoms with Crippen LogP contribution in [0.3, 0.4) is 0 Å². The first-order chi connectivity index (χ1) is 16.7. The summed E-state index contributed by atoms with van der Waals surface area (Å²) in [6.07, 6.45) is 5.20. The first kappa shape index (κ1) is 23.4. The maximum atomic E-state index is 13.4. The Labute approximate surface area is 197 Å². The lowest BCUT2D eigenvalue weighted by molar-refractivity contribution is 0.0453. The Hall–Kier alpha value is -3.75. The molecule has 0 spiro atoms. The molecular formula is C26H27FN4O3. The van der Waals surface area contributed by atoms with Gasteiger partial charge < -0.3 is 19.4 Å². The van der Waals surface area contributed by atoms with E-state index in [1.807, 2.05) is 60.3 Å². The second kappa shape index (κ2) is 11.4. The minimum atomic E-state index is -0.335. The molecule has 0 aliphatic carbocycles. The minimum Gasteiger partial charge on any atom is -0.379 e. The van der Waals surface area contributed by atoms with E-state index in [1.54, 1.807) is 16.8 Å². The second-order valence-electron chi connectivity index (χ2n) is 7.61. The van der Waals surface area contributed by atoms with E-state index in [0.717, 1.165) is 11.1 Å². The summed E-state index contributed by atoms with van der Waals surface area (Å²) < 4.78 is 27.7. The molecule has 0 bridgehead atoms. The van der Waals surface area contributed by atoms with Crippen LogP contribution in [0.5, 0.6) is 0 Å². The van der Waals surface area contributed by atoms with Gasteiger partial charge in [0.15, 0.2) is 5.82 Å². The molecule has 0 atom stereocenters. The number of nitrogens with zero attached hydrogens (tertiary/aromatic N) is 3. The summed E-state index contributed by atoms with van der Waals surface area (Å²) >= 11 is 0. The average Bonchev–Trinajstić information content (AvgIpc) is 3.53. The molecule has 0 fully saturated rings. The van der Waals surface area contributed by atoms with Crippen molar-refractivity contribution in [3.8, 4) is 11.5 Å². The Kier molecular flexibility index (Phi) is 7.85. The lowest BCUT2D eigenvalue weighted by Crippen LogP contribution is -2.24. The number of halogens is 1. The van der Waals surface area contributed by atoms with E-state index in [9.17, 15) is 9.18 Å². The van der Waals surface area contributed by atoms with E-state index in [0.29, 0.717) is 50.0 Å². The number of benzene rings is 2. The zero-order valence-corrected chi connectivity index (χ0v) is 19.0. The summed E-state index contributed by atoms with van der Waals surface area (Å²) in [5, 5.41) is 7.38. The van der Waals surface area contributed by atoms with Crippen molar-refractivity contribution in [1.82, 2.24) is 19.7 Å². The molecule has 0 saturated heterocycles. The Morgan fingerprint density at radius 3 is 2.50 bits per heavy atom. The number of aromatic nitrogens is 3. The first-order valence-corrected chi connectivity index (χ1v) is 11.1. The van der Waals surface area contributed by atoms with E-state index < -0.39 is 0 Å². The zero-order valence-electron chi connectivity index (χ0n) is 19.0. The van der Waals surface area contributed by atoms with Gasteiger partial charge in [0.2, 0.25) is 0 Å². The van der Waals surface area contributed by atoms with Crippen LogP contribution in [0.4, 0.5) is 4.39 Å². The third-order valence-corrected chi connectivity index (χ3v) is 5.20. The van der Waals surface area contributed by atoms with Crippen molar-refractivity contribution in [2.24, 2.45) is 0 Å². The van der Waals surface area contributed by atoms with Gasteiger partial charge in [-0.25, -0.2) is 9.07 Å². The number of amides is 1. The SMILES string of the molecule is CCOCCOCc1cccc(CNC(=O)c2cnn(-c3ccc(F)cc3)c2-n2cccc2)c1. The summed E-state index contributed by atoms with van der Waals surface area (Å²) in [6.45, 7) is 4.58. The summed E-state index contributed by atoms with van der Waals surface area (Å²) in [5.74, 6) is -0.0145. The van der Waals surface area contributed by atoms with Crippen LogP contribution in [0.25, 0.3) is 11.5 Å². The average molecular weight is 463 g/mol. The van der Waals surface area contributed by atoms with Crippen LogP contribution >= 0.6 is 0 Å². The summed E-state index contributed by atoms with van der Waals surface area (Å²) in [4.78, 5) is 13.1. The van der Waals surface area contributed by atoms with Gasteiger partial charge in [0.1, 0.15) is 11.4 Å². The van der Waals surface area contributed by atoms with Gasteiger partial charge in [0.25, 0.3) is 5.91 Å². The molecule has 0 aliphatic heterocycles. The van der Waals surface area contributed by atoms with E-state index in [-0.39, 0.29) is 11.7 Å². The maximum Gasteiger partial charge on any atom is 0.256 e. The van der Waals surface area contributed by atoms with Crippen molar-refractivity contribution in [2.45, 2.75) is 20.1 Å². The lowest BCUT2D eigenvalue weighted by atomic mass is 10.1. The number of carbonyl (C=O) groups is 1. The standard InChI is InChI=1S/C26H27FN4O3/c1-2-33-14-15-34-19-21-7-5-6-20(16-21)17-28-25(32)24-18-29-31(23-10-8-22(27)9-11-23)26(24)30-12-3-4-13-30/h3-13,16,18H,2,14-15,17,19H2,1H3,(H,28,32). The Morgan fingerprint density at radius 2 is 1.74 bits per heavy atom. The molecule has 2 aromatic heterocycles. The number of rotatable bonds is 11. The minimum absolute atomic E-state index is 0.254. The van der Waals surface area contributed by atoms with Crippen molar-refractivity contribution in [1.29, 1.82) is 0 Å². The molecule has 4 rings (SSSR count). The maximum absolute atomic E-state index is 13.4. The summed E-state index contributed by atoms with van der Waals surface area (Å²) in [6, 6.07) is 17.6. The van der Waals surface area contributed by atoms with E-state index in [2.05, 4.69) is 10.4 Å². The van der Waals surface area contributed by atoms with Gasteiger partial charge in [-0.1, -0.05) is 24.3 Å². The van der Waals surface area contributed by atoms with Gasteiger partial charge >= 0.3 is 0 Å². The Bertz CT molecular complexity index is 1200. The zero-order chi connectivity index (χ0) is 23.8. The molecule has 0 aliphatic rings. The van der Waals surface area contributed by atoms with Gasteiger partial charge in [0, 0.05) is 25.5 Å². The van der Waals surface area contributed by atoms with Crippen LogP contribution < -0.4 is 5.32 Å². The molecule has 0 radical (unpaired) electrons. The van der Waals surface area contributed by atoms with Gasteiger partial charge in [-0.05, 0) is 54.4 Å². The van der Waals surface area contributed by atoms with Crippen LogP contribution in [-0.2, 0) is 22.6 Å². The molecule has 34 heavy (non-hydrogen) atoms.